The highest BCUT2D eigenvalue weighted by Gasteiger charge is 2.31. The zero-order valence-electron chi connectivity index (χ0n) is 14.1. The maximum atomic E-state index is 12.5. The molecule has 0 unspecified atom stereocenters. The van der Waals surface area contributed by atoms with Gasteiger partial charge in [-0.3, -0.25) is 9.69 Å². The van der Waals surface area contributed by atoms with E-state index in [2.05, 4.69) is 30.0 Å². The van der Waals surface area contributed by atoms with Gasteiger partial charge in [0.15, 0.2) is 0 Å². The molecule has 0 aromatic heterocycles. The van der Waals surface area contributed by atoms with E-state index < -0.39 is 0 Å². The first-order valence-corrected chi connectivity index (χ1v) is 9.42. The molecule has 24 heavy (non-hydrogen) atoms. The summed E-state index contributed by atoms with van der Waals surface area (Å²) in [7, 11) is 1.62. The molecule has 0 saturated carbocycles. The smallest absolute Gasteiger partial charge is 0.266 e. The summed E-state index contributed by atoms with van der Waals surface area (Å²) in [6, 6.07) is 6.46. The predicted octanol–water partition coefficient (Wildman–Crippen LogP) is 3.44. The Morgan fingerprint density at radius 2 is 2.08 bits per heavy atom. The highest BCUT2D eigenvalue weighted by atomic mass is 32.2. The van der Waals surface area contributed by atoms with E-state index in [-0.39, 0.29) is 5.91 Å². The van der Waals surface area contributed by atoms with E-state index >= 15 is 0 Å². The number of ether oxygens (including phenoxy) is 1. The fourth-order valence-electron chi connectivity index (χ4n) is 3.01. The Morgan fingerprint density at radius 3 is 2.75 bits per heavy atom. The van der Waals surface area contributed by atoms with Crippen molar-refractivity contribution in [1.82, 2.24) is 4.90 Å². The van der Waals surface area contributed by atoms with Gasteiger partial charge in [0.25, 0.3) is 5.91 Å². The first-order chi connectivity index (χ1) is 11.6. The zero-order valence-corrected chi connectivity index (χ0v) is 15.7. The van der Waals surface area contributed by atoms with E-state index in [9.17, 15) is 4.79 Å². The van der Waals surface area contributed by atoms with Crippen LogP contribution in [0, 0.1) is 6.92 Å². The van der Waals surface area contributed by atoms with Gasteiger partial charge in [0, 0.05) is 25.9 Å². The second kappa shape index (κ2) is 7.68. The molecular weight excluding hydrogens is 340 g/mol. The lowest BCUT2D eigenvalue weighted by molar-refractivity contribution is -0.122. The number of hydrogen-bond acceptors (Lipinski definition) is 5. The molecular formula is C18H22N2O2S2. The van der Waals surface area contributed by atoms with Crippen molar-refractivity contribution in [3.63, 3.8) is 0 Å². The molecule has 1 aromatic rings. The lowest BCUT2D eigenvalue weighted by Crippen LogP contribution is -2.31. The number of thioether (sulfide) groups is 1. The van der Waals surface area contributed by atoms with Gasteiger partial charge in [-0.15, -0.1) is 0 Å². The van der Waals surface area contributed by atoms with Gasteiger partial charge in [-0.05, 0) is 49.1 Å². The van der Waals surface area contributed by atoms with Crippen LogP contribution in [0.1, 0.15) is 24.0 Å². The maximum Gasteiger partial charge on any atom is 0.266 e. The molecule has 128 valence electrons. The van der Waals surface area contributed by atoms with E-state index in [1.165, 1.54) is 35.9 Å². The molecule has 0 atom stereocenters. The summed E-state index contributed by atoms with van der Waals surface area (Å²) in [5, 5.41) is 0. The molecule has 4 nitrogen and oxygen atoms in total. The number of amides is 1. The molecule has 1 amide bonds. The number of carbonyl (C=O) groups is 1. The van der Waals surface area contributed by atoms with E-state index in [1.807, 2.05) is 6.08 Å². The highest BCUT2D eigenvalue weighted by molar-refractivity contribution is 8.26. The summed E-state index contributed by atoms with van der Waals surface area (Å²) in [4.78, 5) is 17.2. The van der Waals surface area contributed by atoms with Crippen molar-refractivity contribution in [3.8, 4) is 0 Å². The van der Waals surface area contributed by atoms with Gasteiger partial charge < -0.3 is 9.64 Å². The number of anilines is 1. The van der Waals surface area contributed by atoms with E-state index in [0.29, 0.717) is 22.4 Å². The number of thiocarbonyl (C=S) groups is 1. The van der Waals surface area contributed by atoms with Crippen LogP contribution >= 0.6 is 24.0 Å². The summed E-state index contributed by atoms with van der Waals surface area (Å²) in [6.45, 7) is 5.36. The first-order valence-electron chi connectivity index (χ1n) is 8.20. The largest absolute Gasteiger partial charge is 0.383 e. The monoisotopic (exact) mass is 362 g/mol. The summed E-state index contributed by atoms with van der Waals surface area (Å²) in [5.74, 6) is -0.0231. The Kier molecular flexibility index (Phi) is 5.58. The van der Waals surface area contributed by atoms with Crippen molar-refractivity contribution < 1.29 is 9.53 Å². The van der Waals surface area contributed by atoms with Crippen LogP contribution in [0.2, 0.25) is 0 Å². The molecule has 0 bridgehead atoms. The van der Waals surface area contributed by atoms with Gasteiger partial charge in [0.05, 0.1) is 18.1 Å². The van der Waals surface area contributed by atoms with Crippen LogP contribution in [-0.2, 0) is 9.53 Å². The van der Waals surface area contributed by atoms with Crippen LogP contribution in [0.5, 0.6) is 0 Å². The van der Waals surface area contributed by atoms with E-state index in [4.69, 9.17) is 17.0 Å². The Bertz CT molecular complexity index is 682. The average Bonchev–Trinajstić information content (AvgIpc) is 3.18. The molecule has 0 radical (unpaired) electrons. The van der Waals surface area contributed by atoms with Crippen LogP contribution in [0.3, 0.4) is 0 Å². The summed E-state index contributed by atoms with van der Waals surface area (Å²) < 4.78 is 5.65. The second-order valence-electron chi connectivity index (χ2n) is 6.06. The summed E-state index contributed by atoms with van der Waals surface area (Å²) in [6.07, 6.45) is 4.49. The van der Waals surface area contributed by atoms with Crippen molar-refractivity contribution in [2.45, 2.75) is 19.8 Å². The lowest BCUT2D eigenvalue weighted by atomic mass is 10.1. The Balaban J connectivity index is 1.78. The Morgan fingerprint density at radius 1 is 1.33 bits per heavy atom. The van der Waals surface area contributed by atoms with Crippen LogP contribution in [0.4, 0.5) is 5.69 Å². The normalized spacial score (nSPS) is 19.8. The summed E-state index contributed by atoms with van der Waals surface area (Å²) >= 11 is 6.68. The zero-order chi connectivity index (χ0) is 17.1. The molecule has 3 rings (SSSR count). The fourth-order valence-corrected chi connectivity index (χ4v) is 4.31. The number of hydrogen-bond donors (Lipinski definition) is 0. The van der Waals surface area contributed by atoms with Gasteiger partial charge in [0.2, 0.25) is 0 Å². The molecule has 2 fully saturated rings. The minimum absolute atomic E-state index is 0.0231. The van der Waals surface area contributed by atoms with Crippen molar-refractivity contribution in [2.24, 2.45) is 0 Å². The van der Waals surface area contributed by atoms with Crippen LogP contribution < -0.4 is 4.90 Å². The number of rotatable bonds is 5. The predicted molar refractivity (Wildman–Crippen MR) is 104 cm³/mol. The molecule has 2 aliphatic heterocycles. The minimum atomic E-state index is -0.0231. The minimum Gasteiger partial charge on any atom is -0.383 e. The number of benzene rings is 1. The molecule has 2 heterocycles. The molecule has 2 saturated heterocycles. The molecule has 1 aromatic carbocycles. The van der Waals surface area contributed by atoms with Crippen LogP contribution in [0.15, 0.2) is 23.1 Å². The first kappa shape index (κ1) is 17.5. The van der Waals surface area contributed by atoms with Gasteiger partial charge in [-0.2, -0.15) is 0 Å². The third-order valence-electron chi connectivity index (χ3n) is 4.40. The topological polar surface area (TPSA) is 32.8 Å². The second-order valence-corrected chi connectivity index (χ2v) is 7.74. The van der Waals surface area contributed by atoms with Crippen molar-refractivity contribution in [2.75, 3.05) is 38.3 Å². The van der Waals surface area contributed by atoms with Crippen molar-refractivity contribution in [1.29, 1.82) is 0 Å². The molecule has 6 heteroatoms. The Labute approximate surface area is 152 Å². The third kappa shape index (κ3) is 3.66. The van der Waals surface area contributed by atoms with E-state index in [1.54, 1.807) is 12.0 Å². The lowest BCUT2D eigenvalue weighted by Gasteiger charge is -2.18. The van der Waals surface area contributed by atoms with Gasteiger partial charge in [0.1, 0.15) is 4.32 Å². The highest BCUT2D eigenvalue weighted by Crippen LogP contribution is 2.33. The summed E-state index contributed by atoms with van der Waals surface area (Å²) in [5.41, 5.74) is 3.53. The van der Waals surface area contributed by atoms with E-state index in [0.717, 1.165) is 18.7 Å². The van der Waals surface area contributed by atoms with Gasteiger partial charge in [-0.1, -0.05) is 30.0 Å². The number of carbonyl (C=O) groups excluding carboxylic acids is 1. The average molecular weight is 363 g/mol. The molecule has 0 N–H and O–H groups in total. The molecule has 0 spiro atoms. The quantitative estimate of drug-likeness (QED) is 0.592. The van der Waals surface area contributed by atoms with Crippen LogP contribution in [0.25, 0.3) is 6.08 Å². The number of methoxy groups -OCH3 is 1. The van der Waals surface area contributed by atoms with Gasteiger partial charge >= 0.3 is 0 Å². The SMILES string of the molecule is COCCN1C(=O)C(=Cc2ccc(N3CCCC3)cc2C)SC1=S. The van der Waals surface area contributed by atoms with Crippen molar-refractivity contribution in [3.05, 3.63) is 34.2 Å². The number of aryl methyl sites for hydroxylation is 1. The van der Waals surface area contributed by atoms with Crippen LogP contribution in [-0.4, -0.2) is 48.5 Å². The molecule has 0 aliphatic carbocycles. The standard InChI is InChI=1S/C18H22N2O2S2/c1-13-11-15(19-7-3-4-8-19)6-5-14(13)12-16-17(21)20(9-10-22-2)18(23)24-16/h5-6,11-12H,3-4,7-10H2,1-2H3. The van der Waals surface area contributed by atoms with Gasteiger partial charge in [-0.25, -0.2) is 0 Å². The Hall–Kier alpha value is -1.37. The fraction of sp³-hybridized carbons (Fsp3) is 0.444. The third-order valence-corrected chi connectivity index (χ3v) is 5.78. The molecule has 2 aliphatic rings. The maximum absolute atomic E-state index is 12.5. The van der Waals surface area contributed by atoms with Crippen molar-refractivity contribution >= 4 is 46.0 Å². The number of nitrogens with zero attached hydrogens (tertiary/aromatic N) is 2.